The van der Waals surface area contributed by atoms with Crippen molar-refractivity contribution in [2.24, 2.45) is 5.10 Å². The van der Waals surface area contributed by atoms with Gasteiger partial charge in [-0.2, -0.15) is 5.10 Å². The van der Waals surface area contributed by atoms with Gasteiger partial charge in [-0.3, -0.25) is 9.59 Å². The van der Waals surface area contributed by atoms with Crippen molar-refractivity contribution in [3.05, 3.63) is 86.9 Å². The van der Waals surface area contributed by atoms with Gasteiger partial charge in [-0.15, -0.1) is 0 Å². The van der Waals surface area contributed by atoms with Crippen LogP contribution in [0.4, 0.5) is 5.69 Å². The summed E-state index contributed by atoms with van der Waals surface area (Å²) in [5.74, 6) is -2.26. The van der Waals surface area contributed by atoms with Crippen molar-refractivity contribution in [2.75, 3.05) is 12.4 Å². The van der Waals surface area contributed by atoms with E-state index in [2.05, 4.69) is 15.8 Å². The summed E-state index contributed by atoms with van der Waals surface area (Å²) in [4.78, 5) is 36.4. The maximum atomic E-state index is 12.4. The van der Waals surface area contributed by atoms with Gasteiger partial charge in [-0.05, 0) is 54.1 Å². The molecule has 2 amide bonds. The van der Waals surface area contributed by atoms with Crippen LogP contribution < -0.4 is 20.2 Å². The third-order valence-corrected chi connectivity index (χ3v) is 5.13. The van der Waals surface area contributed by atoms with E-state index in [4.69, 9.17) is 44.3 Å². The molecule has 174 valence electrons. The number of benzene rings is 3. The molecule has 2 N–H and O–H groups in total. The van der Waals surface area contributed by atoms with Crippen LogP contribution >= 0.6 is 34.8 Å². The normalized spacial score (nSPS) is 10.6. The largest absolute Gasteiger partial charge is 0.493 e. The number of ether oxygens (including phenoxy) is 2. The Morgan fingerprint density at radius 1 is 0.882 bits per heavy atom. The number of hydrogen-bond acceptors (Lipinski definition) is 6. The minimum absolute atomic E-state index is 0.136. The maximum absolute atomic E-state index is 12.4. The number of rotatable bonds is 6. The Hall–Kier alpha value is -3.59. The lowest BCUT2D eigenvalue weighted by Crippen LogP contribution is -2.32. The minimum Gasteiger partial charge on any atom is -0.493 e. The molecule has 8 nitrogen and oxygen atoms in total. The van der Waals surface area contributed by atoms with Crippen LogP contribution in [0.1, 0.15) is 15.9 Å². The molecule has 0 unspecified atom stereocenters. The van der Waals surface area contributed by atoms with Crippen LogP contribution in [0.15, 0.2) is 65.8 Å². The molecule has 0 saturated carbocycles. The topological polar surface area (TPSA) is 106 Å². The van der Waals surface area contributed by atoms with E-state index in [-0.39, 0.29) is 22.1 Å². The van der Waals surface area contributed by atoms with E-state index in [0.717, 1.165) is 0 Å². The number of carbonyl (C=O) groups excluding carboxylic acids is 3. The highest BCUT2D eigenvalue weighted by molar-refractivity contribution is 6.41. The second kappa shape index (κ2) is 11.5. The fraction of sp³-hybridized carbons (Fsp3) is 0.0435. The van der Waals surface area contributed by atoms with Crippen LogP contribution in [0.25, 0.3) is 0 Å². The van der Waals surface area contributed by atoms with E-state index in [9.17, 15) is 14.4 Å². The van der Waals surface area contributed by atoms with Gasteiger partial charge in [0.05, 0.1) is 34.6 Å². The van der Waals surface area contributed by atoms with Gasteiger partial charge >= 0.3 is 17.8 Å². The van der Waals surface area contributed by atoms with Gasteiger partial charge in [-0.25, -0.2) is 10.2 Å². The van der Waals surface area contributed by atoms with E-state index < -0.39 is 17.8 Å². The third-order valence-electron chi connectivity index (χ3n) is 4.25. The Bertz CT molecular complexity index is 1280. The van der Waals surface area contributed by atoms with Gasteiger partial charge in [0.25, 0.3) is 0 Å². The zero-order valence-electron chi connectivity index (χ0n) is 17.5. The lowest BCUT2D eigenvalue weighted by Gasteiger charge is -2.10. The van der Waals surface area contributed by atoms with Crippen molar-refractivity contribution in [3.63, 3.8) is 0 Å². The molecule has 0 fully saturated rings. The first kappa shape index (κ1) is 25.0. The first-order valence-corrected chi connectivity index (χ1v) is 10.7. The van der Waals surface area contributed by atoms with Crippen molar-refractivity contribution in [1.82, 2.24) is 5.43 Å². The molecule has 0 aromatic heterocycles. The fourth-order valence-electron chi connectivity index (χ4n) is 2.62. The number of anilines is 1. The summed E-state index contributed by atoms with van der Waals surface area (Å²) in [5.41, 5.74) is 3.03. The van der Waals surface area contributed by atoms with Crippen LogP contribution in [-0.4, -0.2) is 31.1 Å². The standard InChI is InChI=1S/C23H16Cl3N3O5/c1-33-20-10-13(6-9-19(20)34-23(32)15-8-7-14(24)11-17(15)26)12-27-29-22(31)21(30)28-18-5-3-2-4-16(18)25/h2-12H,1H3,(H,28,30)(H,29,31)/b27-12+. The molecule has 0 aliphatic heterocycles. The van der Waals surface area contributed by atoms with Gasteiger partial charge in [0, 0.05) is 5.02 Å². The predicted molar refractivity (Wildman–Crippen MR) is 130 cm³/mol. The number of hydrogen-bond donors (Lipinski definition) is 2. The van der Waals surface area contributed by atoms with Crippen molar-refractivity contribution < 1.29 is 23.9 Å². The number of hydrazone groups is 1. The summed E-state index contributed by atoms with van der Waals surface area (Å²) >= 11 is 17.8. The monoisotopic (exact) mass is 519 g/mol. The van der Waals surface area contributed by atoms with Crippen LogP contribution in [0.3, 0.4) is 0 Å². The fourth-order valence-corrected chi connectivity index (χ4v) is 3.29. The SMILES string of the molecule is COc1cc(/C=N/NC(=O)C(=O)Nc2ccccc2Cl)ccc1OC(=O)c1ccc(Cl)cc1Cl. The highest BCUT2D eigenvalue weighted by Gasteiger charge is 2.17. The van der Waals surface area contributed by atoms with Gasteiger partial charge < -0.3 is 14.8 Å². The van der Waals surface area contributed by atoms with Crippen LogP contribution in [0.5, 0.6) is 11.5 Å². The lowest BCUT2D eigenvalue weighted by atomic mass is 10.2. The number of para-hydroxylation sites is 1. The smallest absolute Gasteiger partial charge is 0.345 e. The van der Waals surface area contributed by atoms with Gasteiger partial charge in [0.1, 0.15) is 0 Å². The van der Waals surface area contributed by atoms with Gasteiger partial charge in [-0.1, -0.05) is 46.9 Å². The molecular formula is C23H16Cl3N3O5. The summed E-state index contributed by atoms with van der Waals surface area (Å²) < 4.78 is 10.6. The molecule has 0 aliphatic rings. The highest BCUT2D eigenvalue weighted by atomic mass is 35.5. The Morgan fingerprint density at radius 2 is 1.65 bits per heavy atom. The number of nitrogens with one attached hydrogen (secondary N) is 2. The minimum atomic E-state index is -0.992. The molecule has 3 aromatic rings. The van der Waals surface area contributed by atoms with E-state index in [1.807, 2.05) is 0 Å². The van der Waals surface area contributed by atoms with Crippen molar-refractivity contribution in [2.45, 2.75) is 0 Å². The van der Waals surface area contributed by atoms with E-state index in [0.29, 0.717) is 21.3 Å². The van der Waals surface area contributed by atoms with E-state index in [1.54, 1.807) is 30.3 Å². The molecule has 0 aliphatic carbocycles. The van der Waals surface area contributed by atoms with Crippen molar-refractivity contribution in [1.29, 1.82) is 0 Å². The van der Waals surface area contributed by atoms with Crippen molar-refractivity contribution in [3.8, 4) is 11.5 Å². The predicted octanol–water partition coefficient (Wildman–Crippen LogP) is 4.96. The molecule has 11 heteroatoms. The number of carbonyl (C=O) groups is 3. The molecule has 34 heavy (non-hydrogen) atoms. The molecule has 0 saturated heterocycles. The van der Waals surface area contributed by atoms with Crippen LogP contribution in [0, 0.1) is 0 Å². The molecular weight excluding hydrogens is 505 g/mol. The van der Waals surface area contributed by atoms with Gasteiger partial charge in [0.15, 0.2) is 11.5 Å². The number of halogens is 3. The Kier molecular flexibility index (Phi) is 8.48. The average molecular weight is 521 g/mol. The summed E-state index contributed by atoms with van der Waals surface area (Å²) in [5, 5.41) is 6.95. The second-order valence-electron chi connectivity index (χ2n) is 6.56. The molecule has 3 rings (SSSR count). The van der Waals surface area contributed by atoms with E-state index in [1.165, 1.54) is 43.7 Å². The Morgan fingerprint density at radius 3 is 2.35 bits per heavy atom. The van der Waals surface area contributed by atoms with E-state index >= 15 is 0 Å². The zero-order chi connectivity index (χ0) is 24.7. The summed E-state index contributed by atoms with van der Waals surface area (Å²) in [6.45, 7) is 0. The molecule has 0 radical (unpaired) electrons. The number of amides is 2. The lowest BCUT2D eigenvalue weighted by molar-refractivity contribution is -0.136. The molecule has 0 atom stereocenters. The first-order valence-electron chi connectivity index (χ1n) is 9.52. The summed E-state index contributed by atoms with van der Waals surface area (Å²) in [6.07, 6.45) is 1.28. The molecule has 0 heterocycles. The maximum Gasteiger partial charge on any atom is 0.345 e. The quantitative estimate of drug-likeness (QED) is 0.157. The molecule has 3 aromatic carbocycles. The summed E-state index contributed by atoms with van der Waals surface area (Å²) in [6, 6.07) is 15.4. The van der Waals surface area contributed by atoms with Crippen molar-refractivity contribution >= 4 is 64.5 Å². The first-order chi connectivity index (χ1) is 16.3. The zero-order valence-corrected chi connectivity index (χ0v) is 19.7. The third kappa shape index (κ3) is 6.48. The Labute approximate surface area is 209 Å². The summed E-state index contributed by atoms with van der Waals surface area (Å²) in [7, 11) is 1.39. The number of nitrogens with zero attached hydrogens (tertiary/aromatic N) is 1. The molecule has 0 spiro atoms. The number of methoxy groups -OCH3 is 1. The second-order valence-corrected chi connectivity index (χ2v) is 7.81. The highest BCUT2D eigenvalue weighted by Crippen LogP contribution is 2.30. The number of esters is 1. The average Bonchev–Trinajstić information content (AvgIpc) is 2.81. The Balaban J connectivity index is 1.63. The molecule has 0 bridgehead atoms. The van der Waals surface area contributed by atoms with Gasteiger partial charge in [0.2, 0.25) is 0 Å². The van der Waals surface area contributed by atoms with Crippen LogP contribution in [0.2, 0.25) is 15.1 Å². The van der Waals surface area contributed by atoms with Crippen LogP contribution in [-0.2, 0) is 9.59 Å².